The number of alkyl halides is 3. The second kappa shape index (κ2) is 10.4. The van der Waals surface area contributed by atoms with Crippen molar-refractivity contribution in [1.29, 1.82) is 0 Å². The number of carbonyl (C=O) groups is 3. The normalized spacial score (nSPS) is 13.9. The SMILES string of the molecule is Cn1nccc1-c1ccc(C(=O)NC(Cc2ccccc2C(F)(F)F)CN2C(=O)c3ccccc3C2=O)cc1F. The molecule has 0 fully saturated rings. The topological polar surface area (TPSA) is 84.3 Å². The van der Waals surface area contributed by atoms with Gasteiger partial charge in [0.2, 0.25) is 0 Å². The van der Waals surface area contributed by atoms with Crippen molar-refractivity contribution in [3.63, 3.8) is 0 Å². The van der Waals surface area contributed by atoms with Crippen molar-refractivity contribution in [2.75, 3.05) is 6.54 Å². The largest absolute Gasteiger partial charge is 0.416 e. The summed E-state index contributed by atoms with van der Waals surface area (Å²) < 4.78 is 57.5. The predicted molar refractivity (Wildman–Crippen MR) is 137 cm³/mol. The molecule has 3 amide bonds. The van der Waals surface area contributed by atoms with Gasteiger partial charge in [-0.15, -0.1) is 0 Å². The van der Waals surface area contributed by atoms with E-state index in [0.717, 1.165) is 17.0 Å². The number of imide groups is 1. The zero-order valence-electron chi connectivity index (χ0n) is 21.1. The van der Waals surface area contributed by atoms with Crippen LogP contribution in [0.5, 0.6) is 0 Å². The molecule has 4 aromatic rings. The van der Waals surface area contributed by atoms with E-state index in [4.69, 9.17) is 0 Å². The number of halogens is 4. The molecule has 1 aliphatic heterocycles. The van der Waals surface area contributed by atoms with E-state index in [1.807, 2.05) is 0 Å². The average Bonchev–Trinajstić information content (AvgIpc) is 3.45. The molecule has 0 saturated carbocycles. The lowest BCUT2D eigenvalue weighted by atomic mass is 9.99. The van der Waals surface area contributed by atoms with Crippen molar-refractivity contribution in [2.45, 2.75) is 18.6 Å². The van der Waals surface area contributed by atoms with E-state index in [1.165, 1.54) is 53.3 Å². The van der Waals surface area contributed by atoms with Gasteiger partial charge in [0, 0.05) is 30.9 Å². The van der Waals surface area contributed by atoms with Gasteiger partial charge < -0.3 is 5.32 Å². The van der Waals surface area contributed by atoms with E-state index in [-0.39, 0.29) is 40.8 Å². The first-order chi connectivity index (χ1) is 19.0. The quantitative estimate of drug-likeness (QED) is 0.263. The molecule has 1 aliphatic rings. The number of fused-ring (bicyclic) bond motifs is 1. The van der Waals surface area contributed by atoms with Crippen LogP contribution in [0.2, 0.25) is 0 Å². The second-order valence-corrected chi connectivity index (χ2v) is 9.33. The Morgan fingerprint density at radius 1 is 0.925 bits per heavy atom. The molecule has 40 heavy (non-hydrogen) atoms. The molecule has 11 heteroatoms. The predicted octanol–water partition coefficient (Wildman–Crippen LogP) is 4.88. The number of rotatable bonds is 7. The van der Waals surface area contributed by atoms with Crippen LogP contribution >= 0.6 is 0 Å². The first kappa shape index (κ1) is 26.8. The number of amides is 3. The van der Waals surface area contributed by atoms with Crippen LogP contribution in [0.25, 0.3) is 11.3 Å². The van der Waals surface area contributed by atoms with Gasteiger partial charge in [-0.1, -0.05) is 30.3 Å². The van der Waals surface area contributed by atoms with Crippen LogP contribution in [0.4, 0.5) is 17.6 Å². The molecule has 0 radical (unpaired) electrons. The Morgan fingerprint density at radius 3 is 2.17 bits per heavy atom. The minimum Gasteiger partial charge on any atom is -0.347 e. The Bertz CT molecular complexity index is 1590. The lowest BCUT2D eigenvalue weighted by molar-refractivity contribution is -0.138. The first-order valence-electron chi connectivity index (χ1n) is 12.2. The van der Waals surface area contributed by atoms with Crippen molar-refractivity contribution >= 4 is 17.7 Å². The van der Waals surface area contributed by atoms with Gasteiger partial charge in [-0.3, -0.25) is 24.0 Å². The third kappa shape index (κ3) is 5.09. The summed E-state index contributed by atoms with van der Waals surface area (Å²) >= 11 is 0. The van der Waals surface area contributed by atoms with Gasteiger partial charge in [-0.2, -0.15) is 18.3 Å². The lowest BCUT2D eigenvalue weighted by Gasteiger charge is -2.25. The molecule has 0 saturated heterocycles. The Kier molecular flexibility index (Phi) is 6.97. The number of carbonyl (C=O) groups excluding carboxylic acids is 3. The maximum atomic E-state index is 15.0. The Labute approximate surface area is 226 Å². The van der Waals surface area contributed by atoms with Crippen LogP contribution in [0, 0.1) is 5.82 Å². The fourth-order valence-corrected chi connectivity index (χ4v) is 4.80. The van der Waals surface area contributed by atoms with Crippen molar-refractivity contribution in [1.82, 2.24) is 20.0 Å². The zero-order valence-corrected chi connectivity index (χ0v) is 21.1. The molecule has 1 unspecified atom stereocenters. The van der Waals surface area contributed by atoms with Crippen LogP contribution < -0.4 is 5.32 Å². The van der Waals surface area contributed by atoms with Gasteiger partial charge in [0.15, 0.2) is 0 Å². The van der Waals surface area contributed by atoms with Crippen LogP contribution in [-0.2, 0) is 19.6 Å². The highest BCUT2D eigenvalue weighted by molar-refractivity contribution is 6.21. The van der Waals surface area contributed by atoms with Crippen molar-refractivity contribution in [2.24, 2.45) is 7.05 Å². The fraction of sp³-hybridized carbons (Fsp3) is 0.172. The Balaban J connectivity index is 1.44. The second-order valence-electron chi connectivity index (χ2n) is 9.33. The maximum absolute atomic E-state index is 15.0. The minimum atomic E-state index is -4.66. The van der Waals surface area contributed by atoms with Gasteiger partial charge in [-0.05, 0) is 54.4 Å². The number of aromatic nitrogens is 2. The molecule has 2 heterocycles. The average molecular weight is 551 g/mol. The molecule has 0 bridgehead atoms. The monoisotopic (exact) mass is 550 g/mol. The van der Waals surface area contributed by atoms with Crippen LogP contribution in [0.1, 0.15) is 42.2 Å². The fourth-order valence-electron chi connectivity index (χ4n) is 4.80. The number of aryl methyl sites for hydroxylation is 1. The van der Waals surface area contributed by atoms with Gasteiger partial charge >= 0.3 is 6.18 Å². The highest BCUT2D eigenvalue weighted by Gasteiger charge is 2.38. The summed E-state index contributed by atoms with van der Waals surface area (Å²) in [6.07, 6.45) is -3.51. The highest BCUT2D eigenvalue weighted by Crippen LogP contribution is 2.33. The first-order valence-corrected chi connectivity index (χ1v) is 12.2. The number of hydrogen-bond donors (Lipinski definition) is 1. The van der Waals surface area contributed by atoms with Crippen LogP contribution in [0.15, 0.2) is 79.0 Å². The van der Waals surface area contributed by atoms with E-state index in [0.29, 0.717) is 5.69 Å². The molecule has 0 aliphatic carbocycles. The summed E-state index contributed by atoms with van der Waals surface area (Å²) in [5.74, 6) is -2.71. The number of nitrogens with one attached hydrogen (secondary N) is 1. The molecule has 3 aromatic carbocycles. The molecular formula is C29H22F4N4O3. The maximum Gasteiger partial charge on any atom is 0.416 e. The zero-order chi connectivity index (χ0) is 28.6. The number of benzene rings is 3. The van der Waals surface area contributed by atoms with Crippen molar-refractivity contribution in [3.05, 3.63) is 113 Å². The standard InChI is InChI=1S/C29H22F4N4O3/c1-36-25(12-13-34-36)22-11-10-18(15-24(22)30)26(38)35-19(14-17-6-2-5-9-23(17)29(31,32)33)16-37-27(39)20-7-3-4-8-21(20)28(37)40/h2-13,15,19H,14,16H2,1H3,(H,35,38). The van der Waals surface area contributed by atoms with Gasteiger partial charge in [0.25, 0.3) is 17.7 Å². The van der Waals surface area contributed by atoms with Gasteiger partial charge in [0.1, 0.15) is 5.82 Å². The van der Waals surface area contributed by atoms with Crippen LogP contribution in [0.3, 0.4) is 0 Å². The molecule has 1 atom stereocenters. The van der Waals surface area contributed by atoms with E-state index >= 15 is 0 Å². The van der Waals surface area contributed by atoms with Gasteiger partial charge in [0.05, 0.1) is 28.4 Å². The molecule has 0 spiro atoms. The summed E-state index contributed by atoms with van der Waals surface area (Å²) in [6.45, 7) is -0.389. The number of hydrogen-bond acceptors (Lipinski definition) is 4. The Morgan fingerprint density at radius 2 is 1.57 bits per heavy atom. The molecule has 5 rings (SSSR count). The molecule has 1 N–H and O–H groups in total. The molecule has 7 nitrogen and oxygen atoms in total. The van der Waals surface area contributed by atoms with Crippen molar-refractivity contribution in [3.8, 4) is 11.3 Å². The summed E-state index contributed by atoms with van der Waals surface area (Å²) in [7, 11) is 1.64. The summed E-state index contributed by atoms with van der Waals surface area (Å²) in [6, 6.07) is 15.3. The summed E-state index contributed by atoms with van der Waals surface area (Å²) in [5.41, 5.74) is -0.0881. The van der Waals surface area contributed by atoms with E-state index in [2.05, 4.69) is 10.4 Å². The lowest BCUT2D eigenvalue weighted by Crippen LogP contribution is -2.47. The highest BCUT2D eigenvalue weighted by atomic mass is 19.4. The van der Waals surface area contributed by atoms with E-state index < -0.39 is 41.3 Å². The third-order valence-corrected chi connectivity index (χ3v) is 6.73. The molecule has 1 aromatic heterocycles. The van der Waals surface area contributed by atoms with Crippen LogP contribution in [-0.4, -0.2) is 45.0 Å². The van der Waals surface area contributed by atoms with E-state index in [1.54, 1.807) is 25.2 Å². The number of nitrogens with zero attached hydrogens (tertiary/aromatic N) is 3. The van der Waals surface area contributed by atoms with E-state index in [9.17, 15) is 31.9 Å². The minimum absolute atomic E-state index is 0.0834. The third-order valence-electron chi connectivity index (χ3n) is 6.73. The summed E-state index contributed by atoms with van der Waals surface area (Å²) in [5, 5.41) is 6.61. The summed E-state index contributed by atoms with van der Waals surface area (Å²) in [4.78, 5) is 40.0. The smallest absolute Gasteiger partial charge is 0.347 e. The molecule has 204 valence electrons. The Hall–Kier alpha value is -4.80. The molecular weight excluding hydrogens is 528 g/mol. The van der Waals surface area contributed by atoms with Crippen molar-refractivity contribution < 1.29 is 31.9 Å². The van der Waals surface area contributed by atoms with Gasteiger partial charge in [-0.25, -0.2) is 4.39 Å².